The summed E-state index contributed by atoms with van der Waals surface area (Å²) in [7, 11) is 3.56. The van der Waals surface area contributed by atoms with Gasteiger partial charge in [-0.15, -0.1) is 0 Å². The van der Waals surface area contributed by atoms with E-state index >= 15 is 0 Å². The average molecular weight is 257 g/mol. The Kier molecular flexibility index (Phi) is 2.93. The summed E-state index contributed by atoms with van der Waals surface area (Å²) in [4.78, 5) is 0. The van der Waals surface area contributed by atoms with Crippen molar-refractivity contribution in [2.24, 2.45) is 7.05 Å². The van der Waals surface area contributed by atoms with Crippen molar-refractivity contribution in [3.05, 3.63) is 29.3 Å². The van der Waals surface area contributed by atoms with Gasteiger partial charge in [-0.05, 0) is 48.9 Å². The van der Waals surface area contributed by atoms with Gasteiger partial charge < -0.3 is 10.5 Å². The van der Waals surface area contributed by atoms with Crippen LogP contribution in [0.3, 0.4) is 0 Å². The molecule has 0 amide bonds. The zero-order chi connectivity index (χ0) is 13.4. The van der Waals surface area contributed by atoms with E-state index < -0.39 is 0 Å². The Morgan fingerprint density at radius 2 is 1.84 bits per heavy atom. The van der Waals surface area contributed by atoms with E-state index in [2.05, 4.69) is 17.2 Å². The van der Waals surface area contributed by atoms with Crippen LogP contribution in [0.1, 0.15) is 24.0 Å². The van der Waals surface area contributed by atoms with Gasteiger partial charge in [0.15, 0.2) is 0 Å². The number of anilines is 1. The molecule has 0 saturated heterocycles. The number of hydrogen-bond donors (Lipinski definition) is 1. The quantitative estimate of drug-likeness (QED) is 0.899. The topological polar surface area (TPSA) is 53.1 Å². The van der Waals surface area contributed by atoms with Crippen molar-refractivity contribution in [1.29, 1.82) is 0 Å². The molecule has 0 atom stereocenters. The maximum Gasteiger partial charge on any atom is 0.128 e. The predicted molar refractivity (Wildman–Crippen MR) is 76.3 cm³/mol. The van der Waals surface area contributed by atoms with Gasteiger partial charge in [0.25, 0.3) is 0 Å². The van der Waals surface area contributed by atoms with Crippen molar-refractivity contribution in [3.63, 3.8) is 0 Å². The number of aryl methyl sites for hydroxylation is 3. The highest BCUT2D eigenvalue weighted by Crippen LogP contribution is 2.35. The van der Waals surface area contributed by atoms with E-state index in [1.54, 1.807) is 11.8 Å². The number of ether oxygens (including phenoxy) is 1. The summed E-state index contributed by atoms with van der Waals surface area (Å²) < 4.78 is 7.21. The molecular formula is C15H19N3O. The van der Waals surface area contributed by atoms with E-state index in [-0.39, 0.29) is 0 Å². The van der Waals surface area contributed by atoms with Gasteiger partial charge in [0.1, 0.15) is 11.6 Å². The first-order chi connectivity index (χ1) is 9.19. The molecule has 2 N–H and O–H groups in total. The number of nitrogen functional groups attached to an aromatic ring is 1. The third-order valence-electron chi connectivity index (χ3n) is 3.86. The number of aromatic nitrogens is 2. The van der Waals surface area contributed by atoms with Crippen molar-refractivity contribution in [2.45, 2.75) is 25.7 Å². The van der Waals surface area contributed by atoms with E-state index in [0.29, 0.717) is 5.82 Å². The Balaban J connectivity index is 2.13. The summed E-state index contributed by atoms with van der Waals surface area (Å²) in [5, 5.41) is 4.45. The van der Waals surface area contributed by atoms with E-state index in [1.807, 2.05) is 13.1 Å². The molecule has 1 heterocycles. The first-order valence-electron chi connectivity index (χ1n) is 6.68. The molecule has 1 aliphatic rings. The van der Waals surface area contributed by atoms with E-state index in [0.717, 1.165) is 29.8 Å². The molecule has 1 aromatic heterocycles. The van der Waals surface area contributed by atoms with Crippen molar-refractivity contribution in [3.8, 4) is 17.0 Å². The van der Waals surface area contributed by atoms with Gasteiger partial charge in [0, 0.05) is 18.7 Å². The monoisotopic (exact) mass is 257 g/mol. The van der Waals surface area contributed by atoms with Crippen LogP contribution in [0.4, 0.5) is 5.82 Å². The van der Waals surface area contributed by atoms with Crippen LogP contribution < -0.4 is 10.5 Å². The fraction of sp³-hybridized carbons (Fsp3) is 0.400. The maximum atomic E-state index is 5.87. The largest absolute Gasteiger partial charge is 0.496 e. The van der Waals surface area contributed by atoms with Crippen LogP contribution >= 0.6 is 0 Å². The van der Waals surface area contributed by atoms with Gasteiger partial charge in [0.05, 0.1) is 12.8 Å². The van der Waals surface area contributed by atoms with Gasteiger partial charge in [-0.3, -0.25) is 4.68 Å². The Bertz CT molecular complexity index is 597. The highest BCUT2D eigenvalue weighted by molar-refractivity contribution is 5.71. The number of nitrogens with zero attached hydrogens (tertiary/aromatic N) is 2. The predicted octanol–water partition coefficient (Wildman–Crippen LogP) is 2.56. The number of methoxy groups -OCH3 is 1. The molecule has 0 fully saturated rings. The second-order valence-corrected chi connectivity index (χ2v) is 5.11. The van der Waals surface area contributed by atoms with Gasteiger partial charge in [-0.25, -0.2) is 0 Å². The number of hydrogen-bond acceptors (Lipinski definition) is 3. The van der Waals surface area contributed by atoms with Crippen LogP contribution in [0, 0.1) is 0 Å². The molecule has 1 aliphatic carbocycles. The fourth-order valence-electron chi connectivity index (χ4n) is 2.75. The Hall–Kier alpha value is -1.97. The Labute approximate surface area is 113 Å². The SMILES string of the molecule is COc1cc2c(cc1-c1cc(N)n(C)n1)CCCC2. The van der Waals surface area contributed by atoms with Crippen molar-refractivity contribution >= 4 is 5.82 Å². The first kappa shape index (κ1) is 12.1. The lowest BCUT2D eigenvalue weighted by molar-refractivity contribution is 0.415. The highest BCUT2D eigenvalue weighted by atomic mass is 16.5. The van der Waals surface area contributed by atoms with Gasteiger partial charge in [-0.2, -0.15) is 5.10 Å². The van der Waals surface area contributed by atoms with Crippen LogP contribution in [0.2, 0.25) is 0 Å². The van der Waals surface area contributed by atoms with Gasteiger partial charge in [0.2, 0.25) is 0 Å². The molecule has 1 aromatic carbocycles. The molecule has 0 aliphatic heterocycles. The standard InChI is InChI=1S/C15H19N3O/c1-18-15(16)9-13(17-18)12-7-10-5-3-4-6-11(10)8-14(12)19-2/h7-9H,3-6,16H2,1-2H3. The molecule has 100 valence electrons. The second-order valence-electron chi connectivity index (χ2n) is 5.11. The minimum absolute atomic E-state index is 0.662. The third-order valence-corrected chi connectivity index (χ3v) is 3.86. The van der Waals surface area contributed by atoms with Crippen LogP contribution in [-0.2, 0) is 19.9 Å². The highest BCUT2D eigenvalue weighted by Gasteiger charge is 2.17. The number of fused-ring (bicyclic) bond motifs is 1. The smallest absolute Gasteiger partial charge is 0.128 e. The molecule has 4 nitrogen and oxygen atoms in total. The van der Waals surface area contributed by atoms with E-state index in [1.165, 1.54) is 24.0 Å². The summed E-state index contributed by atoms with van der Waals surface area (Å²) >= 11 is 0. The van der Waals surface area contributed by atoms with Crippen LogP contribution in [0.5, 0.6) is 5.75 Å². The summed E-state index contributed by atoms with van der Waals surface area (Å²) in [5.74, 6) is 1.55. The Morgan fingerprint density at radius 3 is 2.42 bits per heavy atom. The second kappa shape index (κ2) is 4.61. The lowest BCUT2D eigenvalue weighted by atomic mass is 9.89. The maximum absolute atomic E-state index is 5.87. The zero-order valence-electron chi connectivity index (χ0n) is 11.4. The molecule has 0 spiro atoms. The average Bonchev–Trinajstić information content (AvgIpc) is 2.77. The molecule has 0 radical (unpaired) electrons. The summed E-state index contributed by atoms with van der Waals surface area (Å²) in [5.41, 5.74) is 10.6. The molecule has 0 bridgehead atoms. The molecule has 4 heteroatoms. The molecule has 0 saturated carbocycles. The molecule has 19 heavy (non-hydrogen) atoms. The van der Waals surface area contributed by atoms with Crippen LogP contribution in [0.15, 0.2) is 18.2 Å². The van der Waals surface area contributed by atoms with Crippen LogP contribution in [-0.4, -0.2) is 16.9 Å². The molecule has 0 unspecified atom stereocenters. The lowest BCUT2D eigenvalue weighted by Gasteiger charge is -2.18. The summed E-state index contributed by atoms with van der Waals surface area (Å²) in [6, 6.07) is 6.27. The fourth-order valence-corrected chi connectivity index (χ4v) is 2.75. The van der Waals surface area contributed by atoms with E-state index in [9.17, 15) is 0 Å². The normalized spacial score (nSPS) is 14.2. The minimum Gasteiger partial charge on any atom is -0.496 e. The van der Waals surface area contributed by atoms with Gasteiger partial charge in [-0.1, -0.05) is 0 Å². The molecule has 2 aromatic rings. The summed E-state index contributed by atoms with van der Waals surface area (Å²) in [6.45, 7) is 0. The molecule has 3 rings (SSSR count). The van der Waals surface area contributed by atoms with Crippen LogP contribution in [0.25, 0.3) is 11.3 Å². The van der Waals surface area contributed by atoms with Gasteiger partial charge >= 0.3 is 0 Å². The van der Waals surface area contributed by atoms with Crippen molar-refractivity contribution < 1.29 is 4.74 Å². The lowest BCUT2D eigenvalue weighted by Crippen LogP contribution is -2.04. The Morgan fingerprint density at radius 1 is 1.16 bits per heavy atom. The first-order valence-corrected chi connectivity index (χ1v) is 6.68. The van der Waals surface area contributed by atoms with Crippen molar-refractivity contribution in [2.75, 3.05) is 12.8 Å². The van der Waals surface area contributed by atoms with E-state index in [4.69, 9.17) is 10.5 Å². The third kappa shape index (κ3) is 2.07. The number of rotatable bonds is 2. The minimum atomic E-state index is 0.662. The molecular weight excluding hydrogens is 238 g/mol. The van der Waals surface area contributed by atoms with Crippen molar-refractivity contribution in [1.82, 2.24) is 9.78 Å². The number of benzene rings is 1. The summed E-state index contributed by atoms with van der Waals surface area (Å²) in [6.07, 6.45) is 4.83. The number of nitrogens with two attached hydrogens (primary N) is 1. The zero-order valence-corrected chi connectivity index (χ0v) is 11.4.